The van der Waals surface area contributed by atoms with Crippen LogP contribution in [0.15, 0.2) is 66.7 Å². The van der Waals surface area contributed by atoms with E-state index in [9.17, 15) is 19.7 Å². The van der Waals surface area contributed by atoms with Crippen molar-refractivity contribution < 1.29 is 14.5 Å². The van der Waals surface area contributed by atoms with Gasteiger partial charge in [-0.1, -0.05) is 48.0 Å². The summed E-state index contributed by atoms with van der Waals surface area (Å²) in [4.78, 5) is 39.5. The molecule has 1 N–H and O–H groups in total. The molecule has 4 rings (SSSR count). The summed E-state index contributed by atoms with van der Waals surface area (Å²) in [6.07, 6.45) is 1.04. The number of anilines is 2. The second kappa shape index (κ2) is 8.63. The molecule has 7 heteroatoms. The molecule has 0 aromatic heterocycles. The van der Waals surface area contributed by atoms with Gasteiger partial charge in [-0.05, 0) is 56.5 Å². The first-order valence-corrected chi connectivity index (χ1v) is 10.4. The van der Waals surface area contributed by atoms with Gasteiger partial charge in [0, 0.05) is 16.9 Å². The van der Waals surface area contributed by atoms with Crippen molar-refractivity contribution in [2.24, 2.45) is 0 Å². The number of nitro groups is 1. The van der Waals surface area contributed by atoms with Crippen LogP contribution in [-0.4, -0.2) is 22.8 Å². The van der Waals surface area contributed by atoms with Gasteiger partial charge in [-0.3, -0.25) is 24.6 Å². The molecule has 1 unspecified atom stereocenters. The second-order valence-corrected chi connectivity index (χ2v) is 7.94. The summed E-state index contributed by atoms with van der Waals surface area (Å²) in [5, 5.41) is 14.6. The molecule has 0 saturated carbocycles. The first kappa shape index (κ1) is 21.2. The molecule has 162 valence electrons. The van der Waals surface area contributed by atoms with Crippen LogP contribution < -0.4 is 10.2 Å². The van der Waals surface area contributed by atoms with Crippen molar-refractivity contribution in [2.45, 2.75) is 32.7 Å². The van der Waals surface area contributed by atoms with Gasteiger partial charge in [0.2, 0.25) is 5.91 Å². The molecule has 0 bridgehead atoms. The number of carbonyl (C=O) groups is 2. The van der Waals surface area contributed by atoms with Crippen LogP contribution in [-0.2, 0) is 11.2 Å². The highest BCUT2D eigenvalue weighted by atomic mass is 16.6. The lowest BCUT2D eigenvalue weighted by Gasteiger charge is -2.36. The highest BCUT2D eigenvalue weighted by Crippen LogP contribution is 2.34. The molecule has 0 radical (unpaired) electrons. The Morgan fingerprint density at radius 3 is 2.44 bits per heavy atom. The van der Waals surface area contributed by atoms with Gasteiger partial charge in [-0.25, -0.2) is 0 Å². The number of nitrogens with zero attached hydrogens (tertiary/aromatic N) is 2. The van der Waals surface area contributed by atoms with Crippen LogP contribution in [0.2, 0.25) is 0 Å². The van der Waals surface area contributed by atoms with E-state index in [2.05, 4.69) is 5.32 Å². The molecule has 0 spiro atoms. The van der Waals surface area contributed by atoms with Crippen LogP contribution in [0, 0.1) is 24.0 Å². The second-order valence-electron chi connectivity index (χ2n) is 7.94. The third-order valence-electron chi connectivity index (χ3n) is 5.74. The minimum absolute atomic E-state index is 0.0279. The summed E-state index contributed by atoms with van der Waals surface area (Å²) in [6, 6.07) is 18.6. The maximum Gasteiger partial charge on any atom is 0.285 e. The summed E-state index contributed by atoms with van der Waals surface area (Å²) in [7, 11) is 0. The fourth-order valence-corrected chi connectivity index (χ4v) is 4.11. The number of hydrogen-bond donors (Lipinski definition) is 1. The Labute approximate surface area is 185 Å². The van der Waals surface area contributed by atoms with Gasteiger partial charge in [-0.2, -0.15) is 0 Å². The topological polar surface area (TPSA) is 92.6 Å². The number of amides is 2. The zero-order chi connectivity index (χ0) is 22.8. The SMILES string of the molecule is Cc1ccc(NC(=O)C2CCc3ccccc3N2C(=O)c2cccc(C)c2[N+](=O)[O-])cc1. The predicted octanol–water partition coefficient (Wildman–Crippen LogP) is 4.81. The Balaban J connectivity index is 1.76. The van der Waals surface area contributed by atoms with Crippen LogP contribution in [0.3, 0.4) is 0 Å². The number of aryl methyl sites for hydroxylation is 3. The van der Waals surface area contributed by atoms with Crippen LogP contribution in [0.4, 0.5) is 17.1 Å². The third-order valence-corrected chi connectivity index (χ3v) is 5.74. The van der Waals surface area contributed by atoms with E-state index >= 15 is 0 Å². The number of para-hydroxylation sites is 2. The molecule has 1 heterocycles. The van der Waals surface area contributed by atoms with Gasteiger partial charge in [0.15, 0.2) is 0 Å². The summed E-state index contributed by atoms with van der Waals surface area (Å²) in [6.45, 7) is 3.56. The number of hydrogen-bond acceptors (Lipinski definition) is 4. The molecular weight excluding hydrogens is 406 g/mol. The molecular formula is C25H23N3O4. The Hall–Kier alpha value is -4.00. The minimum atomic E-state index is -0.793. The fourth-order valence-electron chi connectivity index (χ4n) is 4.11. The summed E-state index contributed by atoms with van der Waals surface area (Å²) in [5.41, 5.74) is 3.36. The van der Waals surface area contributed by atoms with E-state index in [4.69, 9.17) is 0 Å². The largest absolute Gasteiger partial charge is 0.324 e. The first-order valence-electron chi connectivity index (χ1n) is 10.4. The highest BCUT2D eigenvalue weighted by Gasteiger charge is 2.38. The molecule has 2 amide bonds. The van der Waals surface area contributed by atoms with E-state index in [1.165, 1.54) is 11.0 Å². The average molecular weight is 429 g/mol. The summed E-state index contributed by atoms with van der Waals surface area (Å²) in [5.74, 6) is -0.886. The molecule has 7 nitrogen and oxygen atoms in total. The highest BCUT2D eigenvalue weighted by molar-refractivity contribution is 6.14. The average Bonchev–Trinajstić information content (AvgIpc) is 2.78. The van der Waals surface area contributed by atoms with E-state index in [0.29, 0.717) is 29.8 Å². The number of carbonyl (C=O) groups excluding carboxylic acids is 2. The predicted molar refractivity (Wildman–Crippen MR) is 123 cm³/mol. The minimum Gasteiger partial charge on any atom is -0.324 e. The van der Waals surface area contributed by atoms with Gasteiger partial charge in [0.25, 0.3) is 11.6 Å². The molecule has 0 fully saturated rings. The standard InChI is InChI=1S/C25H23N3O4/c1-16-10-13-19(14-11-16)26-24(29)22-15-12-18-7-3-4-9-21(18)27(22)25(30)20-8-5-6-17(2)23(20)28(31)32/h3-11,13-14,22H,12,15H2,1-2H3,(H,26,29). The van der Waals surface area contributed by atoms with E-state index in [0.717, 1.165) is 11.1 Å². The number of benzene rings is 3. The van der Waals surface area contributed by atoms with E-state index < -0.39 is 16.9 Å². The lowest BCUT2D eigenvalue weighted by atomic mass is 9.93. The van der Waals surface area contributed by atoms with Crippen molar-refractivity contribution >= 4 is 28.9 Å². The van der Waals surface area contributed by atoms with E-state index in [1.54, 1.807) is 31.2 Å². The quantitative estimate of drug-likeness (QED) is 0.476. The Bertz CT molecular complexity index is 1200. The van der Waals surface area contributed by atoms with E-state index in [-0.39, 0.29) is 17.2 Å². The van der Waals surface area contributed by atoms with Crippen LogP contribution in [0.25, 0.3) is 0 Å². The van der Waals surface area contributed by atoms with Gasteiger partial charge in [0.1, 0.15) is 11.6 Å². The number of nitro benzene ring substituents is 1. The third kappa shape index (κ3) is 3.97. The maximum atomic E-state index is 13.7. The van der Waals surface area contributed by atoms with Crippen molar-refractivity contribution in [2.75, 3.05) is 10.2 Å². The first-order chi connectivity index (χ1) is 15.4. The molecule has 32 heavy (non-hydrogen) atoms. The van der Waals surface area contributed by atoms with Gasteiger partial charge < -0.3 is 5.32 Å². The smallest absolute Gasteiger partial charge is 0.285 e. The van der Waals surface area contributed by atoms with Crippen molar-refractivity contribution in [3.63, 3.8) is 0 Å². The Morgan fingerprint density at radius 2 is 1.72 bits per heavy atom. The van der Waals surface area contributed by atoms with Crippen molar-refractivity contribution in [3.8, 4) is 0 Å². The van der Waals surface area contributed by atoms with Crippen LogP contribution in [0.5, 0.6) is 0 Å². The lowest BCUT2D eigenvalue weighted by Crippen LogP contribution is -2.50. The van der Waals surface area contributed by atoms with Gasteiger partial charge >= 0.3 is 0 Å². The zero-order valence-corrected chi connectivity index (χ0v) is 17.9. The van der Waals surface area contributed by atoms with Gasteiger partial charge in [-0.15, -0.1) is 0 Å². The molecule has 3 aromatic carbocycles. The van der Waals surface area contributed by atoms with Crippen LogP contribution in [0.1, 0.15) is 33.5 Å². The Kier molecular flexibility index (Phi) is 5.73. The molecule has 1 aliphatic heterocycles. The fraction of sp³-hybridized carbons (Fsp3) is 0.200. The monoisotopic (exact) mass is 429 g/mol. The number of nitrogens with one attached hydrogen (secondary N) is 1. The lowest BCUT2D eigenvalue weighted by molar-refractivity contribution is -0.385. The molecule has 0 aliphatic carbocycles. The van der Waals surface area contributed by atoms with Crippen molar-refractivity contribution in [1.29, 1.82) is 0 Å². The zero-order valence-electron chi connectivity index (χ0n) is 17.9. The van der Waals surface area contributed by atoms with E-state index in [1.807, 2.05) is 43.3 Å². The van der Waals surface area contributed by atoms with Crippen molar-refractivity contribution in [3.05, 3.63) is 99.1 Å². The van der Waals surface area contributed by atoms with Gasteiger partial charge in [0.05, 0.1) is 4.92 Å². The summed E-state index contributed by atoms with van der Waals surface area (Å²) >= 11 is 0. The summed E-state index contributed by atoms with van der Waals surface area (Å²) < 4.78 is 0. The van der Waals surface area contributed by atoms with Crippen molar-refractivity contribution in [1.82, 2.24) is 0 Å². The molecule has 3 aromatic rings. The number of rotatable bonds is 4. The molecule has 1 aliphatic rings. The normalized spacial score (nSPS) is 15.1. The van der Waals surface area contributed by atoms with Crippen LogP contribution >= 0.6 is 0 Å². The maximum absolute atomic E-state index is 13.7. The molecule has 1 atom stereocenters. The number of fused-ring (bicyclic) bond motifs is 1. The molecule has 0 saturated heterocycles. The Morgan fingerprint density at radius 1 is 1.00 bits per heavy atom.